The fourth-order valence-corrected chi connectivity index (χ4v) is 5.37. The summed E-state index contributed by atoms with van der Waals surface area (Å²) in [6, 6.07) is -0.155. The Labute approximate surface area is 114 Å². The van der Waals surface area contributed by atoms with Crippen LogP contribution in [-0.4, -0.2) is 10.1 Å². The maximum Gasteiger partial charge on any atom is 0.243 e. The molecule has 1 atom stereocenters. The Morgan fingerprint density at radius 2 is 1.79 bits per heavy atom. The van der Waals surface area contributed by atoms with Crippen LogP contribution in [0.5, 0.6) is 0 Å². The quantitative estimate of drug-likeness (QED) is 0.908. The Morgan fingerprint density at radius 3 is 2.26 bits per heavy atom. The van der Waals surface area contributed by atoms with Crippen molar-refractivity contribution >= 4 is 0 Å². The molecule has 4 aliphatic carbocycles. The van der Waals surface area contributed by atoms with Gasteiger partial charge in [0.05, 0.1) is 6.04 Å². The van der Waals surface area contributed by atoms with Crippen LogP contribution in [0, 0.1) is 23.2 Å². The van der Waals surface area contributed by atoms with Gasteiger partial charge in [-0.1, -0.05) is 5.16 Å². The van der Waals surface area contributed by atoms with E-state index in [1.807, 2.05) is 6.92 Å². The first-order valence-electron chi connectivity index (χ1n) is 7.70. The molecule has 4 fully saturated rings. The Hall–Kier alpha value is -0.900. The summed E-state index contributed by atoms with van der Waals surface area (Å²) >= 11 is 0. The summed E-state index contributed by atoms with van der Waals surface area (Å²) in [5, 5.41) is 4.15. The van der Waals surface area contributed by atoms with Gasteiger partial charge in [-0.05, 0) is 68.6 Å². The summed E-state index contributed by atoms with van der Waals surface area (Å²) in [6.45, 7) is 1.89. The van der Waals surface area contributed by atoms with Crippen molar-refractivity contribution in [2.75, 3.05) is 0 Å². The van der Waals surface area contributed by atoms with Gasteiger partial charge in [0.25, 0.3) is 0 Å². The molecule has 1 heterocycles. The van der Waals surface area contributed by atoms with Gasteiger partial charge in [-0.3, -0.25) is 0 Å². The van der Waals surface area contributed by atoms with Crippen LogP contribution in [0.3, 0.4) is 0 Å². The number of nitrogens with two attached hydrogens (primary N) is 1. The maximum absolute atomic E-state index is 5.79. The molecule has 0 saturated heterocycles. The first kappa shape index (κ1) is 11.9. The monoisotopic (exact) mass is 261 g/mol. The summed E-state index contributed by atoms with van der Waals surface area (Å²) < 4.78 is 5.25. The molecule has 1 aromatic heterocycles. The van der Waals surface area contributed by atoms with E-state index in [4.69, 9.17) is 10.3 Å². The minimum absolute atomic E-state index is 0.155. The molecule has 0 aromatic carbocycles. The van der Waals surface area contributed by atoms with E-state index in [1.165, 1.54) is 38.5 Å². The van der Waals surface area contributed by atoms with Crippen molar-refractivity contribution in [2.45, 2.75) is 57.9 Å². The maximum atomic E-state index is 5.79. The molecule has 4 heteroatoms. The number of rotatable bonds is 3. The van der Waals surface area contributed by atoms with Crippen LogP contribution in [-0.2, 0) is 6.42 Å². The third kappa shape index (κ3) is 2.00. The fourth-order valence-electron chi connectivity index (χ4n) is 5.37. The largest absolute Gasteiger partial charge is 0.338 e. The minimum Gasteiger partial charge on any atom is -0.338 e. The summed E-state index contributed by atoms with van der Waals surface area (Å²) in [5.41, 5.74) is 6.27. The van der Waals surface area contributed by atoms with Crippen molar-refractivity contribution < 1.29 is 4.52 Å². The second kappa shape index (κ2) is 4.05. The minimum atomic E-state index is -0.155. The third-order valence-electron chi connectivity index (χ3n) is 5.57. The second-order valence-electron chi connectivity index (χ2n) is 7.43. The van der Waals surface area contributed by atoms with Gasteiger partial charge in [-0.15, -0.1) is 0 Å². The highest BCUT2D eigenvalue weighted by atomic mass is 16.5. The Bertz CT molecular complexity index is 444. The normalized spacial score (nSPS) is 41.7. The van der Waals surface area contributed by atoms with E-state index in [1.54, 1.807) is 0 Å². The van der Waals surface area contributed by atoms with E-state index in [9.17, 15) is 0 Å². The van der Waals surface area contributed by atoms with Gasteiger partial charge in [-0.25, -0.2) is 0 Å². The molecule has 1 aromatic rings. The third-order valence-corrected chi connectivity index (χ3v) is 5.57. The van der Waals surface area contributed by atoms with Gasteiger partial charge >= 0.3 is 0 Å². The molecule has 4 saturated carbocycles. The number of hydrogen-bond acceptors (Lipinski definition) is 4. The molecule has 0 amide bonds. The zero-order chi connectivity index (χ0) is 13.0. The molecular weight excluding hydrogens is 238 g/mol. The Balaban J connectivity index is 1.55. The summed E-state index contributed by atoms with van der Waals surface area (Å²) in [5.74, 6) is 4.40. The van der Waals surface area contributed by atoms with Crippen molar-refractivity contribution in [2.24, 2.45) is 28.9 Å². The van der Waals surface area contributed by atoms with Crippen LogP contribution < -0.4 is 5.73 Å². The lowest BCUT2D eigenvalue weighted by atomic mass is 9.49. The summed E-state index contributed by atoms with van der Waals surface area (Å²) in [4.78, 5) is 4.48. The molecule has 0 radical (unpaired) electrons. The highest BCUT2D eigenvalue weighted by molar-refractivity contribution is 5.05. The van der Waals surface area contributed by atoms with Gasteiger partial charge < -0.3 is 10.3 Å². The van der Waals surface area contributed by atoms with E-state index in [2.05, 4.69) is 10.1 Å². The molecule has 4 aliphatic rings. The average Bonchev–Trinajstić information content (AvgIpc) is 2.74. The highest BCUT2D eigenvalue weighted by Crippen LogP contribution is 2.60. The lowest BCUT2D eigenvalue weighted by Gasteiger charge is -2.56. The lowest BCUT2D eigenvalue weighted by molar-refractivity contribution is -0.0533. The summed E-state index contributed by atoms with van der Waals surface area (Å²) in [7, 11) is 0. The Morgan fingerprint density at radius 1 is 1.21 bits per heavy atom. The van der Waals surface area contributed by atoms with E-state index >= 15 is 0 Å². The van der Waals surface area contributed by atoms with Gasteiger partial charge in [-0.2, -0.15) is 4.98 Å². The standard InChI is InChI=1S/C15H23N3O/c1-9(16)14-17-13(18-19-14)8-15-5-10-2-11(6-15)4-12(3-10)7-15/h9-12H,2-8,16H2,1H3. The van der Waals surface area contributed by atoms with Gasteiger partial charge in [0, 0.05) is 6.42 Å². The second-order valence-corrected chi connectivity index (χ2v) is 7.43. The average molecular weight is 261 g/mol. The van der Waals surface area contributed by atoms with E-state index in [0.717, 1.165) is 30.0 Å². The SMILES string of the molecule is CC(N)c1nc(CC23CC4CC(CC(C4)C2)C3)no1. The van der Waals surface area contributed by atoms with Crippen molar-refractivity contribution in [3.05, 3.63) is 11.7 Å². The molecule has 2 N–H and O–H groups in total. The number of hydrogen-bond donors (Lipinski definition) is 1. The highest BCUT2D eigenvalue weighted by Gasteiger charge is 2.51. The number of nitrogens with zero attached hydrogens (tertiary/aromatic N) is 2. The van der Waals surface area contributed by atoms with Crippen LogP contribution in [0.1, 0.15) is 63.2 Å². The predicted octanol–water partition coefficient (Wildman–Crippen LogP) is 2.85. The molecule has 5 rings (SSSR count). The van der Waals surface area contributed by atoms with Crippen LogP contribution in [0.4, 0.5) is 0 Å². The predicted molar refractivity (Wildman–Crippen MR) is 71.2 cm³/mol. The summed E-state index contributed by atoms with van der Waals surface area (Å²) in [6.07, 6.45) is 9.62. The topological polar surface area (TPSA) is 64.9 Å². The zero-order valence-electron chi connectivity index (χ0n) is 11.6. The zero-order valence-corrected chi connectivity index (χ0v) is 11.6. The molecule has 0 aliphatic heterocycles. The molecule has 4 bridgehead atoms. The van der Waals surface area contributed by atoms with Crippen molar-refractivity contribution in [1.82, 2.24) is 10.1 Å². The fraction of sp³-hybridized carbons (Fsp3) is 0.867. The smallest absolute Gasteiger partial charge is 0.243 e. The molecule has 104 valence electrons. The van der Waals surface area contributed by atoms with E-state index in [-0.39, 0.29) is 6.04 Å². The van der Waals surface area contributed by atoms with E-state index in [0.29, 0.717) is 11.3 Å². The number of aromatic nitrogens is 2. The molecule has 1 unspecified atom stereocenters. The van der Waals surface area contributed by atoms with Crippen molar-refractivity contribution in [3.8, 4) is 0 Å². The van der Waals surface area contributed by atoms with Crippen LogP contribution in [0.15, 0.2) is 4.52 Å². The van der Waals surface area contributed by atoms with Gasteiger partial charge in [0.2, 0.25) is 5.89 Å². The van der Waals surface area contributed by atoms with Gasteiger partial charge in [0.1, 0.15) is 0 Å². The van der Waals surface area contributed by atoms with E-state index < -0.39 is 0 Å². The Kier molecular flexibility index (Phi) is 2.53. The van der Waals surface area contributed by atoms with Crippen molar-refractivity contribution in [1.29, 1.82) is 0 Å². The van der Waals surface area contributed by atoms with Crippen LogP contribution >= 0.6 is 0 Å². The first-order valence-corrected chi connectivity index (χ1v) is 7.70. The molecule has 19 heavy (non-hydrogen) atoms. The molecule has 4 nitrogen and oxygen atoms in total. The first-order chi connectivity index (χ1) is 9.12. The van der Waals surface area contributed by atoms with Crippen LogP contribution in [0.2, 0.25) is 0 Å². The lowest BCUT2D eigenvalue weighted by Crippen LogP contribution is -2.47. The van der Waals surface area contributed by atoms with Gasteiger partial charge in [0.15, 0.2) is 5.82 Å². The molecular formula is C15H23N3O. The van der Waals surface area contributed by atoms with Crippen LogP contribution in [0.25, 0.3) is 0 Å². The molecule has 0 spiro atoms. The van der Waals surface area contributed by atoms with Crippen molar-refractivity contribution in [3.63, 3.8) is 0 Å².